The number of thiophene rings is 1. The Morgan fingerprint density at radius 2 is 0.815 bits per heavy atom. The molecule has 8 aliphatic rings. The lowest BCUT2D eigenvalue weighted by Gasteiger charge is -2.57. The Bertz CT molecular complexity index is 3160. The molecule has 0 saturated heterocycles. The zero-order valence-corrected chi connectivity index (χ0v) is 37.7. The standard InChI is InChI=1S/C60H52N4S/c61-35-36-6-16-52-53-17-11-46(28-55(53)65-54(52)24-36)48-25-47(43-7-12-50(13-8-43)59-29-37-18-38(30-59)20-39(19-37)31-59)26-49(27-48)58-63-56(44-4-2-1-3-5-44)62-57(64-58)45-9-14-51(15-10-45)60-32-40-21-41(33-60)23-42(22-40)34-60/h1-17,24-28,37-42H,18-23,29-34H2. The molecule has 16 rings (SSSR count). The molecule has 0 radical (unpaired) electrons. The van der Waals surface area contributed by atoms with Crippen LogP contribution in [0.15, 0.2) is 133 Å². The highest BCUT2D eigenvalue weighted by Crippen LogP contribution is 2.62. The zero-order chi connectivity index (χ0) is 42.9. The van der Waals surface area contributed by atoms with Gasteiger partial charge in [-0.3, -0.25) is 0 Å². The Morgan fingerprint density at radius 3 is 1.34 bits per heavy atom. The van der Waals surface area contributed by atoms with Crippen molar-refractivity contribution in [3.05, 3.63) is 150 Å². The summed E-state index contributed by atoms with van der Waals surface area (Å²) in [6, 6.07) is 51.6. The summed E-state index contributed by atoms with van der Waals surface area (Å²) in [6.07, 6.45) is 16.9. The second-order valence-corrected chi connectivity index (χ2v) is 22.7. The van der Waals surface area contributed by atoms with Crippen molar-refractivity contribution in [3.8, 4) is 62.5 Å². The summed E-state index contributed by atoms with van der Waals surface area (Å²) in [5.41, 5.74) is 12.1. The van der Waals surface area contributed by atoms with Crippen molar-refractivity contribution in [3.63, 3.8) is 0 Å². The van der Waals surface area contributed by atoms with Crippen molar-refractivity contribution in [2.24, 2.45) is 35.5 Å². The third kappa shape index (κ3) is 6.46. The minimum Gasteiger partial charge on any atom is -0.208 e. The predicted octanol–water partition coefficient (Wildman–Crippen LogP) is 15.4. The third-order valence-corrected chi connectivity index (χ3v) is 18.6. The van der Waals surface area contributed by atoms with Gasteiger partial charge >= 0.3 is 0 Å². The van der Waals surface area contributed by atoms with Gasteiger partial charge in [0.15, 0.2) is 17.5 Å². The molecule has 0 spiro atoms. The van der Waals surface area contributed by atoms with Crippen LogP contribution in [0.2, 0.25) is 0 Å². The van der Waals surface area contributed by atoms with Crippen molar-refractivity contribution in [1.82, 2.24) is 15.0 Å². The number of aromatic nitrogens is 3. The molecule has 6 aromatic carbocycles. The van der Waals surface area contributed by atoms with E-state index >= 15 is 0 Å². The number of rotatable bonds is 7. The van der Waals surface area contributed by atoms with Crippen molar-refractivity contribution in [2.75, 3.05) is 0 Å². The molecule has 0 atom stereocenters. The summed E-state index contributed by atoms with van der Waals surface area (Å²) in [5.74, 6) is 7.54. The van der Waals surface area contributed by atoms with E-state index in [-0.39, 0.29) is 0 Å². The predicted molar refractivity (Wildman–Crippen MR) is 264 cm³/mol. The summed E-state index contributed by atoms with van der Waals surface area (Å²) < 4.78 is 2.35. The summed E-state index contributed by atoms with van der Waals surface area (Å²) in [6.45, 7) is 0. The van der Waals surface area contributed by atoms with Crippen LogP contribution in [-0.4, -0.2) is 15.0 Å². The monoisotopic (exact) mass is 860 g/mol. The summed E-state index contributed by atoms with van der Waals surface area (Å²) in [7, 11) is 0. The average Bonchev–Trinajstić information content (AvgIpc) is 3.70. The van der Waals surface area contributed by atoms with Crippen LogP contribution in [-0.2, 0) is 10.8 Å². The smallest absolute Gasteiger partial charge is 0.164 e. The van der Waals surface area contributed by atoms with Crippen LogP contribution in [0.4, 0.5) is 0 Å². The fourth-order valence-corrected chi connectivity index (χ4v) is 16.6. The second-order valence-electron chi connectivity index (χ2n) is 21.7. The minimum atomic E-state index is 0.343. The van der Waals surface area contributed by atoms with Crippen molar-refractivity contribution >= 4 is 31.5 Å². The van der Waals surface area contributed by atoms with Crippen molar-refractivity contribution in [2.45, 2.75) is 87.9 Å². The molecule has 8 saturated carbocycles. The van der Waals surface area contributed by atoms with Gasteiger partial charge in [0.25, 0.3) is 0 Å². The molecule has 8 bridgehead atoms. The number of fused-ring (bicyclic) bond motifs is 3. The van der Waals surface area contributed by atoms with Crippen LogP contribution in [0.5, 0.6) is 0 Å². The molecule has 8 fully saturated rings. The fourth-order valence-electron chi connectivity index (χ4n) is 15.4. The number of nitriles is 1. The first-order chi connectivity index (χ1) is 31.9. The maximum Gasteiger partial charge on any atom is 0.164 e. The van der Waals surface area contributed by atoms with E-state index in [0.717, 1.165) is 73.6 Å². The van der Waals surface area contributed by atoms with Gasteiger partial charge in [0.05, 0.1) is 11.6 Å². The molecular formula is C60H52N4S. The lowest BCUT2D eigenvalue weighted by atomic mass is 9.48. The molecule has 0 unspecified atom stereocenters. The number of hydrogen-bond acceptors (Lipinski definition) is 5. The van der Waals surface area contributed by atoms with Gasteiger partial charge in [-0.25, -0.2) is 15.0 Å². The molecule has 65 heavy (non-hydrogen) atoms. The first-order valence-corrected chi connectivity index (χ1v) is 25.3. The van der Waals surface area contributed by atoms with Gasteiger partial charge in [0.2, 0.25) is 0 Å². The SMILES string of the molecule is N#Cc1ccc2c(c1)sc1cc(-c3cc(-c4ccc(C56CC7CC(CC(C7)C5)C6)cc4)cc(-c4nc(-c5ccccc5)nc(-c5ccc(C67CC8CC(CC(C8)C6)C7)cc5)n4)c3)ccc12. The molecule has 0 N–H and O–H groups in total. The molecule has 8 aromatic rings. The average molecular weight is 861 g/mol. The van der Waals surface area contributed by atoms with E-state index in [2.05, 4.69) is 127 Å². The lowest BCUT2D eigenvalue weighted by molar-refractivity contribution is -0.00530. The molecule has 5 heteroatoms. The normalized spacial score (nSPS) is 28.3. The van der Waals surface area contributed by atoms with E-state index in [9.17, 15) is 5.26 Å². The lowest BCUT2D eigenvalue weighted by Crippen LogP contribution is -2.48. The Labute approximate surface area is 385 Å². The topological polar surface area (TPSA) is 62.5 Å². The summed E-state index contributed by atoms with van der Waals surface area (Å²) in [5, 5.41) is 12.1. The van der Waals surface area contributed by atoms with Crippen LogP contribution < -0.4 is 0 Å². The Kier molecular flexibility index (Phi) is 8.56. The van der Waals surface area contributed by atoms with E-state index in [4.69, 9.17) is 15.0 Å². The Hall–Kier alpha value is -5.96. The van der Waals surface area contributed by atoms with E-state index in [1.54, 1.807) is 16.9 Å². The van der Waals surface area contributed by atoms with Gasteiger partial charge in [0.1, 0.15) is 0 Å². The molecule has 4 nitrogen and oxygen atoms in total. The summed E-state index contributed by atoms with van der Waals surface area (Å²) >= 11 is 1.76. The maximum absolute atomic E-state index is 9.64. The van der Waals surface area contributed by atoms with Gasteiger partial charge in [0, 0.05) is 36.9 Å². The zero-order valence-electron chi connectivity index (χ0n) is 36.8. The highest BCUT2D eigenvalue weighted by atomic mass is 32.1. The van der Waals surface area contributed by atoms with E-state index < -0.39 is 0 Å². The van der Waals surface area contributed by atoms with E-state index in [0.29, 0.717) is 33.9 Å². The minimum absolute atomic E-state index is 0.343. The summed E-state index contributed by atoms with van der Waals surface area (Å²) in [4.78, 5) is 15.8. The van der Waals surface area contributed by atoms with Crippen LogP contribution in [0, 0.1) is 46.8 Å². The van der Waals surface area contributed by atoms with Crippen molar-refractivity contribution in [1.29, 1.82) is 5.26 Å². The number of nitrogens with zero attached hydrogens (tertiary/aromatic N) is 4. The largest absolute Gasteiger partial charge is 0.208 e. The van der Waals surface area contributed by atoms with Gasteiger partial charge < -0.3 is 0 Å². The first kappa shape index (κ1) is 38.3. The molecule has 318 valence electrons. The first-order valence-electron chi connectivity index (χ1n) is 24.5. The molecule has 8 aliphatic carbocycles. The Morgan fingerprint density at radius 1 is 0.400 bits per heavy atom. The van der Waals surface area contributed by atoms with Crippen molar-refractivity contribution < 1.29 is 0 Å². The maximum atomic E-state index is 9.64. The molecule has 0 amide bonds. The van der Waals surface area contributed by atoms with Gasteiger partial charge in [-0.15, -0.1) is 11.3 Å². The molecular weight excluding hydrogens is 809 g/mol. The van der Waals surface area contributed by atoms with Crippen LogP contribution in [0.25, 0.3) is 76.6 Å². The molecule has 2 aromatic heterocycles. The van der Waals surface area contributed by atoms with E-state index in [1.807, 2.05) is 12.1 Å². The van der Waals surface area contributed by atoms with Crippen LogP contribution in [0.1, 0.15) is 93.7 Å². The Balaban J connectivity index is 0.892. The second kappa shape index (κ2) is 14.5. The van der Waals surface area contributed by atoms with Gasteiger partial charge in [-0.05, 0) is 193 Å². The quantitative estimate of drug-likeness (QED) is 0.160. The van der Waals surface area contributed by atoms with E-state index in [1.165, 1.54) is 104 Å². The number of benzene rings is 6. The van der Waals surface area contributed by atoms with Gasteiger partial charge in [-0.1, -0.05) is 97.1 Å². The highest BCUT2D eigenvalue weighted by Gasteiger charge is 2.52. The third-order valence-electron chi connectivity index (χ3n) is 17.5. The molecule has 2 heterocycles. The van der Waals surface area contributed by atoms with Crippen LogP contribution in [0.3, 0.4) is 0 Å². The molecule has 0 aliphatic heterocycles. The fraction of sp³-hybridized carbons (Fsp3) is 0.333. The van der Waals surface area contributed by atoms with Gasteiger partial charge in [-0.2, -0.15) is 5.26 Å². The van der Waals surface area contributed by atoms with Crippen LogP contribution >= 0.6 is 11.3 Å². The highest BCUT2D eigenvalue weighted by molar-refractivity contribution is 7.25. The number of hydrogen-bond donors (Lipinski definition) is 0.